The number of aromatic amines is 1. The van der Waals surface area contributed by atoms with Gasteiger partial charge in [0.1, 0.15) is 5.82 Å². The SMILES string of the molecule is Cc1nc(-c2cccc(NC(=O)CC3C(=O)NCCN3C(C)C)c2)n[nH]1. The molecule has 0 radical (unpaired) electrons. The van der Waals surface area contributed by atoms with Gasteiger partial charge in [-0.3, -0.25) is 19.6 Å². The second-order valence-electron chi connectivity index (χ2n) is 6.72. The number of anilines is 1. The Hall–Kier alpha value is -2.74. The van der Waals surface area contributed by atoms with Crippen LogP contribution in [0, 0.1) is 6.92 Å². The fourth-order valence-corrected chi connectivity index (χ4v) is 3.16. The number of hydrogen-bond donors (Lipinski definition) is 3. The van der Waals surface area contributed by atoms with E-state index in [0.717, 1.165) is 17.9 Å². The molecule has 1 aliphatic rings. The van der Waals surface area contributed by atoms with Crippen molar-refractivity contribution in [3.8, 4) is 11.4 Å². The number of aryl methyl sites for hydroxylation is 1. The van der Waals surface area contributed by atoms with Gasteiger partial charge in [-0.05, 0) is 32.9 Å². The lowest BCUT2D eigenvalue weighted by Gasteiger charge is -2.37. The Labute approximate surface area is 152 Å². The van der Waals surface area contributed by atoms with E-state index in [-0.39, 0.29) is 24.3 Å². The Morgan fingerprint density at radius 2 is 2.23 bits per heavy atom. The molecular formula is C18H24N6O2. The van der Waals surface area contributed by atoms with Crippen molar-refractivity contribution in [1.29, 1.82) is 0 Å². The molecule has 1 aromatic heterocycles. The van der Waals surface area contributed by atoms with Crippen molar-refractivity contribution in [1.82, 2.24) is 25.4 Å². The van der Waals surface area contributed by atoms with Crippen LogP contribution >= 0.6 is 0 Å². The summed E-state index contributed by atoms with van der Waals surface area (Å²) in [6.45, 7) is 7.27. The minimum Gasteiger partial charge on any atom is -0.353 e. The summed E-state index contributed by atoms with van der Waals surface area (Å²) in [5.41, 5.74) is 1.47. The topological polar surface area (TPSA) is 103 Å². The van der Waals surface area contributed by atoms with Crippen LogP contribution in [0.5, 0.6) is 0 Å². The van der Waals surface area contributed by atoms with Crippen molar-refractivity contribution in [3.05, 3.63) is 30.1 Å². The third-order valence-corrected chi connectivity index (χ3v) is 4.42. The van der Waals surface area contributed by atoms with Gasteiger partial charge in [-0.15, -0.1) is 0 Å². The monoisotopic (exact) mass is 356 g/mol. The van der Waals surface area contributed by atoms with E-state index >= 15 is 0 Å². The van der Waals surface area contributed by atoms with Crippen LogP contribution in [0.15, 0.2) is 24.3 Å². The minimum atomic E-state index is -0.442. The zero-order chi connectivity index (χ0) is 18.7. The quantitative estimate of drug-likeness (QED) is 0.750. The molecule has 0 saturated carbocycles. The molecule has 0 bridgehead atoms. The molecule has 3 N–H and O–H groups in total. The van der Waals surface area contributed by atoms with E-state index < -0.39 is 6.04 Å². The van der Waals surface area contributed by atoms with Gasteiger partial charge in [0, 0.05) is 30.4 Å². The van der Waals surface area contributed by atoms with Crippen molar-refractivity contribution < 1.29 is 9.59 Å². The molecule has 1 unspecified atom stereocenters. The summed E-state index contributed by atoms with van der Waals surface area (Å²) < 4.78 is 0. The first-order valence-electron chi connectivity index (χ1n) is 8.77. The number of nitrogens with one attached hydrogen (secondary N) is 3. The van der Waals surface area contributed by atoms with Gasteiger partial charge in [-0.25, -0.2) is 4.98 Å². The van der Waals surface area contributed by atoms with Crippen LogP contribution in [0.4, 0.5) is 5.69 Å². The largest absolute Gasteiger partial charge is 0.353 e. The molecule has 2 aromatic rings. The highest BCUT2D eigenvalue weighted by Gasteiger charge is 2.32. The summed E-state index contributed by atoms with van der Waals surface area (Å²) in [5.74, 6) is 1.02. The first-order chi connectivity index (χ1) is 12.4. The van der Waals surface area contributed by atoms with Crippen LogP contribution in [-0.4, -0.2) is 57.1 Å². The Kier molecular flexibility index (Phi) is 5.32. The lowest BCUT2D eigenvalue weighted by Crippen LogP contribution is -2.58. The summed E-state index contributed by atoms with van der Waals surface area (Å²) >= 11 is 0. The van der Waals surface area contributed by atoms with Crippen LogP contribution < -0.4 is 10.6 Å². The smallest absolute Gasteiger partial charge is 0.237 e. The zero-order valence-electron chi connectivity index (χ0n) is 15.2. The number of carbonyl (C=O) groups excluding carboxylic acids is 2. The standard InChI is InChI=1S/C18H24N6O2/c1-11(2)24-8-7-19-18(26)15(24)10-16(25)21-14-6-4-5-13(9-14)17-20-12(3)22-23-17/h4-6,9,11,15H,7-8,10H2,1-3H3,(H,19,26)(H,21,25)(H,20,22,23). The molecule has 0 spiro atoms. The molecule has 138 valence electrons. The second kappa shape index (κ2) is 7.65. The summed E-state index contributed by atoms with van der Waals surface area (Å²) in [6.07, 6.45) is 0.119. The summed E-state index contributed by atoms with van der Waals surface area (Å²) in [7, 11) is 0. The van der Waals surface area contributed by atoms with Gasteiger partial charge in [0.2, 0.25) is 11.8 Å². The molecule has 1 aliphatic heterocycles. The molecule has 1 saturated heterocycles. The normalized spacial score (nSPS) is 18.0. The molecule has 1 atom stereocenters. The van der Waals surface area contributed by atoms with Crippen LogP contribution in [0.3, 0.4) is 0 Å². The number of H-pyrrole nitrogens is 1. The number of amides is 2. The Bertz CT molecular complexity index is 800. The van der Waals surface area contributed by atoms with E-state index in [9.17, 15) is 9.59 Å². The molecule has 2 heterocycles. The Morgan fingerprint density at radius 1 is 1.42 bits per heavy atom. The van der Waals surface area contributed by atoms with Gasteiger partial charge < -0.3 is 10.6 Å². The molecule has 2 amide bonds. The van der Waals surface area contributed by atoms with Crippen LogP contribution in [0.2, 0.25) is 0 Å². The predicted octanol–water partition coefficient (Wildman–Crippen LogP) is 1.32. The van der Waals surface area contributed by atoms with Gasteiger partial charge >= 0.3 is 0 Å². The average molecular weight is 356 g/mol. The summed E-state index contributed by atoms with van der Waals surface area (Å²) in [6, 6.07) is 7.11. The van der Waals surface area contributed by atoms with E-state index in [2.05, 4.69) is 30.7 Å². The number of benzene rings is 1. The van der Waals surface area contributed by atoms with Crippen LogP contribution in [-0.2, 0) is 9.59 Å². The maximum Gasteiger partial charge on any atom is 0.237 e. The van der Waals surface area contributed by atoms with E-state index in [0.29, 0.717) is 18.1 Å². The first kappa shape index (κ1) is 18.1. The molecular weight excluding hydrogens is 332 g/mol. The highest BCUT2D eigenvalue weighted by atomic mass is 16.2. The van der Waals surface area contributed by atoms with E-state index in [1.807, 2.05) is 45.0 Å². The van der Waals surface area contributed by atoms with Crippen molar-refractivity contribution in [3.63, 3.8) is 0 Å². The summed E-state index contributed by atoms with van der Waals surface area (Å²) in [4.78, 5) is 31.0. The number of nitrogens with zero attached hydrogens (tertiary/aromatic N) is 3. The molecule has 3 rings (SSSR count). The maximum atomic E-state index is 12.5. The lowest BCUT2D eigenvalue weighted by atomic mass is 10.1. The molecule has 8 heteroatoms. The van der Waals surface area contributed by atoms with E-state index in [1.165, 1.54) is 0 Å². The first-order valence-corrected chi connectivity index (χ1v) is 8.77. The van der Waals surface area contributed by atoms with Gasteiger partial charge in [0.25, 0.3) is 0 Å². The van der Waals surface area contributed by atoms with Crippen molar-refractivity contribution in [2.24, 2.45) is 0 Å². The van der Waals surface area contributed by atoms with Crippen molar-refractivity contribution in [2.45, 2.75) is 39.3 Å². The van der Waals surface area contributed by atoms with Gasteiger partial charge in [-0.2, -0.15) is 5.10 Å². The average Bonchev–Trinajstić information content (AvgIpc) is 3.03. The predicted molar refractivity (Wildman–Crippen MR) is 98.4 cm³/mol. The molecule has 8 nitrogen and oxygen atoms in total. The van der Waals surface area contributed by atoms with E-state index in [4.69, 9.17) is 0 Å². The van der Waals surface area contributed by atoms with Crippen LogP contribution in [0.25, 0.3) is 11.4 Å². The van der Waals surface area contributed by atoms with E-state index in [1.54, 1.807) is 0 Å². The number of aromatic nitrogens is 3. The second-order valence-corrected chi connectivity index (χ2v) is 6.72. The van der Waals surface area contributed by atoms with Gasteiger partial charge in [0.05, 0.1) is 12.5 Å². The van der Waals surface area contributed by atoms with Crippen molar-refractivity contribution >= 4 is 17.5 Å². The van der Waals surface area contributed by atoms with Gasteiger partial charge in [0.15, 0.2) is 5.82 Å². The van der Waals surface area contributed by atoms with Crippen molar-refractivity contribution in [2.75, 3.05) is 18.4 Å². The Balaban J connectivity index is 1.69. The van der Waals surface area contributed by atoms with Gasteiger partial charge in [-0.1, -0.05) is 12.1 Å². The molecule has 1 fully saturated rings. The third-order valence-electron chi connectivity index (χ3n) is 4.42. The zero-order valence-corrected chi connectivity index (χ0v) is 15.2. The number of piperazine rings is 1. The number of rotatable bonds is 5. The third kappa shape index (κ3) is 4.08. The van der Waals surface area contributed by atoms with Crippen LogP contribution in [0.1, 0.15) is 26.1 Å². The highest BCUT2D eigenvalue weighted by molar-refractivity contribution is 5.96. The summed E-state index contributed by atoms with van der Waals surface area (Å²) in [5, 5.41) is 12.6. The molecule has 1 aromatic carbocycles. The molecule has 0 aliphatic carbocycles. The Morgan fingerprint density at radius 3 is 2.92 bits per heavy atom. The highest BCUT2D eigenvalue weighted by Crippen LogP contribution is 2.20. The molecule has 26 heavy (non-hydrogen) atoms. The number of hydrogen-bond acceptors (Lipinski definition) is 5. The minimum absolute atomic E-state index is 0.0925. The lowest BCUT2D eigenvalue weighted by molar-refractivity contribution is -0.133. The number of carbonyl (C=O) groups is 2. The fraction of sp³-hybridized carbons (Fsp3) is 0.444. The fourth-order valence-electron chi connectivity index (χ4n) is 3.16. The maximum absolute atomic E-state index is 12.5.